The molecular weight excluding hydrogens is 245 g/mol. The van der Waals surface area contributed by atoms with Crippen LogP contribution in [0.4, 0.5) is 10.1 Å². The Kier molecular flexibility index (Phi) is 6.26. The molecule has 1 aromatic rings. The molecule has 0 amide bonds. The Labute approximate surface area is 113 Å². The highest BCUT2D eigenvalue weighted by Gasteiger charge is 2.10. The second-order valence-corrected chi connectivity index (χ2v) is 4.33. The minimum absolute atomic E-state index is 0.277. The number of nitriles is 1. The highest BCUT2D eigenvalue weighted by Crippen LogP contribution is 2.15. The average molecular weight is 265 g/mol. The minimum atomic E-state index is -0.560. The molecule has 0 radical (unpaired) electrons. The number of anilines is 1. The Balaban J connectivity index is 2.50. The van der Waals surface area contributed by atoms with Crippen LogP contribution in [-0.4, -0.2) is 42.3 Å². The minimum Gasteiger partial charge on any atom is -0.390 e. The summed E-state index contributed by atoms with van der Waals surface area (Å²) in [7, 11) is 0. The van der Waals surface area contributed by atoms with E-state index in [-0.39, 0.29) is 12.1 Å². The van der Waals surface area contributed by atoms with E-state index in [1.54, 1.807) is 6.07 Å². The molecule has 0 aliphatic rings. The molecule has 0 aliphatic heterocycles. The van der Waals surface area contributed by atoms with E-state index in [9.17, 15) is 9.50 Å². The van der Waals surface area contributed by atoms with E-state index in [1.807, 2.05) is 19.9 Å². The molecular formula is C14H20FN3O. The van der Waals surface area contributed by atoms with E-state index in [2.05, 4.69) is 10.2 Å². The first-order valence-corrected chi connectivity index (χ1v) is 6.44. The molecule has 0 bridgehead atoms. The van der Waals surface area contributed by atoms with Crippen LogP contribution in [0, 0.1) is 17.1 Å². The lowest BCUT2D eigenvalue weighted by atomic mass is 10.2. The molecule has 19 heavy (non-hydrogen) atoms. The number of benzene rings is 1. The van der Waals surface area contributed by atoms with Gasteiger partial charge in [0.15, 0.2) is 0 Å². The Morgan fingerprint density at radius 1 is 1.42 bits per heavy atom. The summed E-state index contributed by atoms with van der Waals surface area (Å²) >= 11 is 0. The fourth-order valence-corrected chi connectivity index (χ4v) is 1.80. The summed E-state index contributed by atoms with van der Waals surface area (Å²) in [4.78, 5) is 2.10. The summed E-state index contributed by atoms with van der Waals surface area (Å²) in [6.07, 6.45) is -0.560. The molecule has 1 atom stereocenters. The van der Waals surface area contributed by atoms with Crippen LogP contribution in [0.1, 0.15) is 19.4 Å². The third-order valence-corrected chi connectivity index (χ3v) is 2.99. The average Bonchev–Trinajstić information content (AvgIpc) is 2.43. The van der Waals surface area contributed by atoms with Crippen LogP contribution in [0.15, 0.2) is 18.2 Å². The molecule has 5 heteroatoms. The molecule has 1 unspecified atom stereocenters. The molecule has 0 aliphatic carbocycles. The molecule has 0 spiro atoms. The number of nitrogens with one attached hydrogen (secondary N) is 1. The van der Waals surface area contributed by atoms with E-state index in [0.29, 0.717) is 12.2 Å². The van der Waals surface area contributed by atoms with Crippen LogP contribution in [0.25, 0.3) is 0 Å². The molecule has 0 fully saturated rings. The van der Waals surface area contributed by atoms with Gasteiger partial charge in [-0.15, -0.1) is 0 Å². The van der Waals surface area contributed by atoms with Crippen LogP contribution in [0.5, 0.6) is 0 Å². The zero-order chi connectivity index (χ0) is 14.3. The normalized spacial score (nSPS) is 12.2. The van der Waals surface area contributed by atoms with Crippen molar-refractivity contribution in [3.63, 3.8) is 0 Å². The second-order valence-electron chi connectivity index (χ2n) is 4.33. The van der Waals surface area contributed by atoms with Gasteiger partial charge in [-0.25, -0.2) is 4.39 Å². The van der Waals surface area contributed by atoms with Gasteiger partial charge in [-0.3, -0.25) is 0 Å². The zero-order valence-corrected chi connectivity index (χ0v) is 11.4. The molecule has 1 rings (SSSR count). The quantitative estimate of drug-likeness (QED) is 0.789. The predicted octanol–water partition coefficient (Wildman–Crippen LogP) is 1.81. The first kappa shape index (κ1) is 15.4. The van der Waals surface area contributed by atoms with Crippen molar-refractivity contribution in [3.05, 3.63) is 29.6 Å². The molecule has 0 aromatic heterocycles. The van der Waals surface area contributed by atoms with Gasteiger partial charge in [0, 0.05) is 13.1 Å². The first-order chi connectivity index (χ1) is 9.10. The Bertz CT molecular complexity index is 441. The van der Waals surface area contributed by atoms with E-state index in [4.69, 9.17) is 5.26 Å². The molecule has 0 saturated heterocycles. The summed E-state index contributed by atoms with van der Waals surface area (Å²) in [5, 5.41) is 21.4. The first-order valence-electron chi connectivity index (χ1n) is 6.44. The number of rotatable bonds is 7. The molecule has 104 valence electrons. The van der Waals surface area contributed by atoms with Crippen molar-refractivity contribution in [2.24, 2.45) is 0 Å². The van der Waals surface area contributed by atoms with Gasteiger partial charge in [0.25, 0.3) is 0 Å². The van der Waals surface area contributed by atoms with Crippen molar-refractivity contribution in [1.82, 2.24) is 4.90 Å². The largest absolute Gasteiger partial charge is 0.390 e. The number of aliphatic hydroxyl groups is 1. The molecule has 2 N–H and O–H groups in total. The van der Waals surface area contributed by atoms with Gasteiger partial charge >= 0.3 is 0 Å². The predicted molar refractivity (Wildman–Crippen MR) is 73.4 cm³/mol. The molecule has 0 heterocycles. The second kappa shape index (κ2) is 7.72. The van der Waals surface area contributed by atoms with Crippen molar-refractivity contribution < 1.29 is 9.50 Å². The molecule has 1 aromatic carbocycles. The van der Waals surface area contributed by atoms with E-state index in [0.717, 1.165) is 13.1 Å². The third-order valence-electron chi connectivity index (χ3n) is 2.99. The number of likely N-dealkylation sites (N-methyl/N-ethyl adjacent to an activating group) is 1. The van der Waals surface area contributed by atoms with E-state index >= 15 is 0 Å². The van der Waals surface area contributed by atoms with Gasteiger partial charge in [-0.1, -0.05) is 13.8 Å². The van der Waals surface area contributed by atoms with Crippen LogP contribution in [0.3, 0.4) is 0 Å². The lowest BCUT2D eigenvalue weighted by Crippen LogP contribution is -2.36. The summed E-state index contributed by atoms with van der Waals surface area (Å²) < 4.78 is 13.6. The number of aliphatic hydroxyl groups excluding tert-OH is 1. The van der Waals surface area contributed by atoms with E-state index in [1.165, 1.54) is 12.1 Å². The Morgan fingerprint density at radius 2 is 2.11 bits per heavy atom. The lowest BCUT2D eigenvalue weighted by Gasteiger charge is -2.22. The lowest BCUT2D eigenvalue weighted by molar-refractivity contribution is 0.128. The van der Waals surface area contributed by atoms with Crippen LogP contribution < -0.4 is 5.32 Å². The number of hydrogen-bond donors (Lipinski definition) is 2. The number of halogens is 1. The summed E-state index contributed by atoms with van der Waals surface area (Å²) in [5.41, 5.74) is 0.587. The van der Waals surface area contributed by atoms with Crippen LogP contribution >= 0.6 is 0 Å². The maximum absolute atomic E-state index is 13.6. The van der Waals surface area contributed by atoms with Crippen molar-refractivity contribution >= 4 is 5.69 Å². The van der Waals surface area contributed by atoms with Crippen molar-refractivity contribution in [1.29, 1.82) is 5.26 Å². The maximum atomic E-state index is 13.6. The third kappa shape index (κ3) is 4.86. The molecule has 0 saturated carbocycles. The van der Waals surface area contributed by atoms with Crippen LogP contribution in [-0.2, 0) is 0 Å². The summed E-state index contributed by atoms with van der Waals surface area (Å²) in [6, 6.07) is 6.11. The Hall–Kier alpha value is -1.64. The van der Waals surface area contributed by atoms with Gasteiger partial charge in [-0.2, -0.15) is 5.26 Å². The Morgan fingerprint density at radius 3 is 2.63 bits per heavy atom. The van der Waals surface area contributed by atoms with E-state index < -0.39 is 11.9 Å². The smallest absolute Gasteiger partial charge is 0.147 e. The highest BCUT2D eigenvalue weighted by atomic mass is 19.1. The summed E-state index contributed by atoms with van der Waals surface area (Å²) in [6.45, 7) is 6.64. The standard InChI is InChI=1S/C14H20FN3O/c1-3-18(4-2)10-12(19)9-17-14-6-5-11(8-16)7-13(14)15/h5-7,12,17,19H,3-4,9-10H2,1-2H3. The van der Waals surface area contributed by atoms with Crippen LogP contribution in [0.2, 0.25) is 0 Å². The van der Waals surface area contributed by atoms with Crippen molar-refractivity contribution in [3.8, 4) is 6.07 Å². The number of nitrogens with zero attached hydrogens (tertiary/aromatic N) is 2. The highest BCUT2D eigenvalue weighted by molar-refractivity contribution is 5.48. The van der Waals surface area contributed by atoms with Gasteiger partial charge in [0.2, 0.25) is 0 Å². The number of hydrogen-bond acceptors (Lipinski definition) is 4. The van der Waals surface area contributed by atoms with Crippen molar-refractivity contribution in [2.45, 2.75) is 20.0 Å². The SMILES string of the molecule is CCN(CC)CC(O)CNc1ccc(C#N)cc1F. The topological polar surface area (TPSA) is 59.3 Å². The maximum Gasteiger partial charge on any atom is 0.147 e. The van der Waals surface area contributed by atoms with Gasteiger partial charge in [-0.05, 0) is 31.3 Å². The summed E-state index contributed by atoms with van der Waals surface area (Å²) in [5.74, 6) is -0.478. The molecule has 4 nitrogen and oxygen atoms in total. The van der Waals surface area contributed by atoms with Gasteiger partial charge < -0.3 is 15.3 Å². The monoisotopic (exact) mass is 265 g/mol. The zero-order valence-electron chi connectivity index (χ0n) is 11.4. The van der Waals surface area contributed by atoms with Gasteiger partial charge in [0.1, 0.15) is 5.82 Å². The van der Waals surface area contributed by atoms with Crippen molar-refractivity contribution in [2.75, 3.05) is 31.5 Å². The fraction of sp³-hybridized carbons (Fsp3) is 0.500. The fourth-order valence-electron chi connectivity index (χ4n) is 1.80. The van der Waals surface area contributed by atoms with Gasteiger partial charge in [0.05, 0.1) is 23.4 Å².